The Morgan fingerprint density at radius 3 is 2.20 bits per heavy atom. The van der Waals surface area contributed by atoms with E-state index in [4.69, 9.17) is 16.7 Å². The van der Waals surface area contributed by atoms with Gasteiger partial charge in [0.2, 0.25) is 5.28 Å². The van der Waals surface area contributed by atoms with Crippen molar-refractivity contribution < 1.29 is 5.11 Å². The highest BCUT2D eigenvalue weighted by atomic mass is 35.5. The van der Waals surface area contributed by atoms with E-state index in [1.54, 1.807) is 6.08 Å². The number of benzene rings is 2. The highest BCUT2D eigenvalue weighted by molar-refractivity contribution is 6.28. The molecule has 1 heterocycles. The molecule has 0 spiro atoms. The van der Waals surface area contributed by atoms with Gasteiger partial charge < -0.3 is 5.11 Å². The van der Waals surface area contributed by atoms with Crippen molar-refractivity contribution in [2.24, 2.45) is 0 Å². The number of halogens is 1. The summed E-state index contributed by atoms with van der Waals surface area (Å²) in [7, 11) is 0. The van der Waals surface area contributed by atoms with Crippen LogP contribution in [-0.4, -0.2) is 20.1 Å². The van der Waals surface area contributed by atoms with Crippen LogP contribution in [0.4, 0.5) is 0 Å². The van der Waals surface area contributed by atoms with Gasteiger partial charge in [0.25, 0.3) is 0 Å². The Bertz CT molecular complexity index is 891. The van der Waals surface area contributed by atoms with Crippen LogP contribution < -0.4 is 0 Å². The van der Waals surface area contributed by atoms with Gasteiger partial charge in [-0.3, -0.25) is 0 Å². The summed E-state index contributed by atoms with van der Waals surface area (Å²) in [6.07, 6.45) is 6.54. The number of hydrogen-bond donors (Lipinski definition) is 1. The number of allylic oxidation sites excluding steroid dienone is 3. The molecule has 25 heavy (non-hydrogen) atoms. The predicted octanol–water partition coefficient (Wildman–Crippen LogP) is 5.03. The van der Waals surface area contributed by atoms with E-state index in [1.165, 1.54) is 6.08 Å². The van der Waals surface area contributed by atoms with Crippen LogP contribution in [0.1, 0.15) is 5.82 Å². The minimum atomic E-state index is 0.165. The fourth-order valence-corrected chi connectivity index (χ4v) is 2.53. The zero-order chi connectivity index (χ0) is 17.5. The average Bonchev–Trinajstić information content (AvgIpc) is 2.66. The molecule has 0 atom stereocenters. The number of aliphatic hydroxyl groups excluding tert-OH is 1. The average molecular weight is 350 g/mol. The Labute approximate surface area is 151 Å². The van der Waals surface area contributed by atoms with Crippen molar-refractivity contribution in [2.45, 2.75) is 6.42 Å². The molecule has 2 aromatic carbocycles. The zero-order valence-corrected chi connectivity index (χ0v) is 14.1. The van der Waals surface area contributed by atoms with Crippen molar-refractivity contribution in [1.82, 2.24) is 15.0 Å². The lowest BCUT2D eigenvalue weighted by Gasteiger charge is -2.05. The van der Waals surface area contributed by atoms with Crippen molar-refractivity contribution in [3.05, 3.63) is 90.2 Å². The lowest BCUT2D eigenvalue weighted by Crippen LogP contribution is -1.99. The molecule has 0 bridgehead atoms. The summed E-state index contributed by atoms with van der Waals surface area (Å²) in [5.41, 5.74) is 3.17. The van der Waals surface area contributed by atoms with E-state index in [0.29, 0.717) is 18.1 Å². The van der Waals surface area contributed by atoms with Crippen molar-refractivity contribution in [2.75, 3.05) is 0 Å². The first-order chi connectivity index (χ1) is 12.3. The summed E-state index contributed by atoms with van der Waals surface area (Å²) >= 11 is 6.03. The lowest BCUT2D eigenvalue weighted by molar-refractivity contribution is 0.473. The molecule has 5 heteroatoms. The minimum Gasteiger partial charge on any atom is -0.516 e. The molecule has 0 fully saturated rings. The summed E-state index contributed by atoms with van der Waals surface area (Å²) in [6.45, 7) is 0. The molecular formula is C20H16ClN3O. The molecule has 0 amide bonds. The SMILES string of the molecule is O/C=C\C=C/Cc1nc(Cl)nc(-c2ccc(-c3ccccc3)cc2)n1. The molecule has 1 aromatic heterocycles. The van der Waals surface area contributed by atoms with E-state index in [2.05, 4.69) is 27.1 Å². The fraction of sp³-hybridized carbons (Fsp3) is 0.0500. The quantitative estimate of drug-likeness (QED) is 0.518. The van der Waals surface area contributed by atoms with Crippen LogP contribution in [0, 0.1) is 0 Å². The van der Waals surface area contributed by atoms with Crippen molar-refractivity contribution in [1.29, 1.82) is 0 Å². The number of aliphatic hydroxyl groups is 1. The summed E-state index contributed by atoms with van der Waals surface area (Å²) in [5, 5.41) is 8.78. The molecule has 0 radical (unpaired) electrons. The standard InChI is InChI=1S/C20H16ClN3O/c21-20-23-18(9-5-2-6-14-25)22-19(24-20)17-12-10-16(11-13-17)15-7-3-1-4-8-15/h1-8,10-14,25H,9H2/b5-2-,14-6-. The molecule has 4 nitrogen and oxygen atoms in total. The molecule has 124 valence electrons. The number of aromatic nitrogens is 3. The third-order valence-corrected chi connectivity index (χ3v) is 3.71. The topological polar surface area (TPSA) is 58.9 Å². The van der Waals surface area contributed by atoms with Gasteiger partial charge in [0.05, 0.1) is 6.26 Å². The number of hydrogen-bond acceptors (Lipinski definition) is 4. The van der Waals surface area contributed by atoms with Crippen LogP contribution in [0.5, 0.6) is 0 Å². The second-order valence-corrected chi connectivity index (χ2v) is 5.60. The third-order valence-electron chi connectivity index (χ3n) is 3.54. The third kappa shape index (κ3) is 4.52. The van der Waals surface area contributed by atoms with E-state index in [9.17, 15) is 0 Å². The Morgan fingerprint density at radius 1 is 0.800 bits per heavy atom. The molecule has 0 aliphatic carbocycles. The second-order valence-electron chi connectivity index (χ2n) is 5.26. The lowest BCUT2D eigenvalue weighted by atomic mass is 10.0. The maximum Gasteiger partial charge on any atom is 0.226 e. The van der Waals surface area contributed by atoms with Gasteiger partial charge >= 0.3 is 0 Å². The van der Waals surface area contributed by atoms with E-state index < -0.39 is 0 Å². The van der Waals surface area contributed by atoms with Gasteiger partial charge in [-0.05, 0) is 28.8 Å². The summed E-state index contributed by atoms with van der Waals surface area (Å²) in [6, 6.07) is 18.2. The molecule has 0 aliphatic rings. The van der Waals surface area contributed by atoms with Gasteiger partial charge in [0.1, 0.15) is 5.82 Å². The Morgan fingerprint density at radius 2 is 1.48 bits per heavy atom. The Hall–Kier alpha value is -2.98. The van der Waals surface area contributed by atoms with E-state index in [1.807, 2.05) is 48.5 Å². The molecule has 3 rings (SSSR count). The Kier molecular flexibility index (Phi) is 5.54. The first kappa shape index (κ1) is 16.9. The first-order valence-electron chi connectivity index (χ1n) is 7.78. The van der Waals surface area contributed by atoms with E-state index >= 15 is 0 Å². The van der Waals surface area contributed by atoms with Gasteiger partial charge in [0.15, 0.2) is 5.82 Å². The highest BCUT2D eigenvalue weighted by Gasteiger charge is 2.07. The molecule has 0 saturated heterocycles. The summed E-state index contributed by atoms with van der Waals surface area (Å²) in [5.74, 6) is 1.12. The molecule has 0 unspecified atom stereocenters. The molecule has 3 aromatic rings. The van der Waals surface area contributed by atoms with Gasteiger partial charge in [-0.25, -0.2) is 9.97 Å². The normalized spacial score (nSPS) is 11.4. The highest BCUT2D eigenvalue weighted by Crippen LogP contribution is 2.23. The van der Waals surface area contributed by atoms with Gasteiger partial charge in [-0.2, -0.15) is 4.98 Å². The molecule has 0 aliphatic heterocycles. The number of rotatable bonds is 5. The summed E-state index contributed by atoms with van der Waals surface area (Å²) in [4.78, 5) is 12.8. The fourth-order valence-electron chi connectivity index (χ4n) is 2.36. The van der Waals surface area contributed by atoms with Crippen LogP contribution in [0.15, 0.2) is 79.1 Å². The Balaban J connectivity index is 1.85. The minimum absolute atomic E-state index is 0.165. The second kappa shape index (κ2) is 8.22. The van der Waals surface area contributed by atoms with Crippen LogP contribution in [0.3, 0.4) is 0 Å². The molecular weight excluding hydrogens is 334 g/mol. The maximum atomic E-state index is 8.61. The predicted molar refractivity (Wildman–Crippen MR) is 100 cm³/mol. The zero-order valence-electron chi connectivity index (χ0n) is 13.4. The van der Waals surface area contributed by atoms with Crippen molar-refractivity contribution in [3.63, 3.8) is 0 Å². The first-order valence-corrected chi connectivity index (χ1v) is 8.16. The smallest absolute Gasteiger partial charge is 0.226 e. The monoisotopic (exact) mass is 349 g/mol. The van der Waals surface area contributed by atoms with Gasteiger partial charge in [-0.15, -0.1) is 0 Å². The molecule has 1 N–H and O–H groups in total. The van der Waals surface area contributed by atoms with E-state index in [-0.39, 0.29) is 5.28 Å². The van der Waals surface area contributed by atoms with Crippen LogP contribution in [0.2, 0.25) is 5.28 Å². The number of nitrogens with zero attached hydrogens (tertiary/aromatic N) is 3. The largest absolute Gasteiger partial charge is 0.516 e. The van der Waals surface area contributed by atoms with Crippen molar-refractivity contribution >= 4 is 11.6 Å². The van der Waals surface area contributed by atoms with E-state index in [0.717, 1.165) is 23.0 Å². The van der Waals surface area contributed by atoms with Crippen LogP contribution >= 0.6 is 11.6 Å². The van der Waals surface area contributed by atoms with Gasteiger partial charge in [-0.1, -0.05) is 66.7 Å². The van der Waals surface area contributed by atoms with Gasteiger partial charge in [0, 0.05) is 12.0 Å². The molecule has 0 saturated carbocycles. The summed E-state index contributed by atoms with van der Waals surface area (Å²) < 4.78 is 0. The maximum absolute atomic E-state index is 8.61. The van der Waals surface area contributed by atoms with Crippen LogP contribution in [-0.2, 0) is 6.42 Å². The van der Waals surface area contributed by atoms with Crippen molar-refractivity contribution in [3.8, 4) is 22.5 Å². The van der Waals surface area contributed by atoms with Crippen LogP contribution in [0.25, 0.3) is 22.5 Å².